The molecule has 3 aromatic rings. The first kappa shape index (κ1) is 14.5. The summed E-state index contributed by atoms with van der Waals surface area (Å²) in [7, 11) is 0. The van der Waals surface area contributed by atoms with E-state index >= 15 is 0 Å². The van der Waals surface area contributed by atoms with Crippen LogP contribution in [0, 0.1) is 6.92 Å². The Morgan fingerprint density at radius 3 is 2.29 bits per heavy atom. The fourth-order valence-corrected chi connectivity index (χ4v) is 3.42. The highest BCUT2D eigenvalue weighted by Gasteiger charge is 2.48. The minimum absolute atomic E-state index is 0.0634. The Bertz CT molecular complexity index is 934. The zero-order chi connectivity index (χ0) is 16.7. The van der Waals surface area contributed by atoms with Gasteiger partial charge in [-0.1, -0.05) is 54.6 Å². The summed E-state index contributed by atoms with van der Waals surface area (Å²) in [5.41, 5.74) is 10.2. The molecular formula is C21H18N2O. The molecule has 24 heavy (non-hydrogen) atoms. The molecule has 0 saturated carbocycles. The minimum Gasteiger partial charge on any atom is -0.399 e. The van der Waals surface area contributed by atoms with Crippen molar-refractivity contribution in [1.82, 2.24) is 0 Å². The van der Waals surface area contributed by atoms with Crippen LogP contribution in [0.1, 0.15) is 27.0 Å². The van der Waals surface area contributed by atoms with Gasteiger partial charge in [0.1, 0.15) is 0 Å². The van der Waals surface area contributed by atoms with E-state index in [4.69, 9.17) is 5.73 Å². The number of para-hydroxylation sites is 1. The molecule has 1 aliphatic heterocycles. The third-order valence-electron chi connectivity index (χ3n) is 4.74. The minimum atomic E-state index is -0.913. The van der Waals surface area contributed by atoms with Gasteiger partial charge >= 0.3 is 0 Å². The summed E-state index contributed by atoms with van der Waals surface area (Å²) in [6.07, 6.45) is 0. The van der Waals surface area contributed by atoms with E-state index in [1.807, 2.05) is 79.7 Å². The van der Waals surface area contributed by atoms with Gasteiger partial charge in [-0.2, -0.15) is 0 Å². The van der Waals surface area contributed by atoms with Crippen molar-refractivity contribution in [2.24, 2.45) is 0 Å². The van der Waals surface area contributed by atoms with Crippen LogP contribution in [0.25, 0.3) is 0 Å². The first-order chi connectivity index (χ1) is 11.6. The fraction of sp³-hybridized carbons (Fsp3) is 0.0952. The number of hydrogen-bond acceptors (Lipinski definition) is 3. The van der Waals surface area contributed by atoms with Gasteiger partial charge in [0, 0.05) is 16.9 Å². The van der Waals surface area contributed by atoms with Crippen LogP contribution in [0.5, 0.6) is 0 Å². The largest absolute Gasteiger partial charge is 0.399 e. The van der Waals surface area contributed by atoms with Crippen molar-refractivity contribution in [3.63, 3.8) is 0 Å². The number of nitrogens with two attached hydrogens (primary N) is 1. The van der Waals surface area contributed by atoms with E-state index in [0.29, 0.717) is 0 Å². The number of rotatable bonds is 2. The van der Waals surface area contributed by atoms with Gasteiger partial charge in [-0.15, -0.1) is 0 Å². The van der Waals surface area contributed by atoms with Gasteiger partial charge in [-0.05, 0) is 41.8 Å². The predicted octanol–water partition coefficient (Wildman–Crippen LogP) is 4.13. The van der Waals surface area contributed by atoms with E-state index in [9.17, 15) is 4.79 Å². The lowest BCUT2D eigenvalue weighted by Crippen LogP contribution is -2.39. The first-order valence-corrected chi connectivity index (χ1v) is 7.97. The van der Waals surface area contributed by atoms with Crippen molar-refractivity contribution in [3.05, 3.63) is 95.1 Å². The number of anilines is 2. The highest BCUT2D eigenvalue weighted by molar-refractivity contribution is 6.15. The lowest BCUT2D eigenvalue weighted by molar-refractivity contribution is 0.0941. The van der Waals surface area contributed by atoms with Gasteiger partial charge in [0.2, 0.25) is 0 Å². The molecule has 3 heteroatoms. The van der Waals surface area contributed by atoms with Crippen molar-refractivity contribution in [1.29, 1.82) is 0 Å². The summed E-state index contributed by atoms with van der Waals surface area (Å²) in [5, 5.41) is 3.49. The smallest absolute Gasteiger partial charge is 0.199 e. The van der Waals surface area contributed by atoms with Crippen LogP contribution in [0.4, 0.5) is 11.4 Å². The molecule has 1 aliphatic rings. The maximum absolute atomic E-state index is 13.4. The van der Waals surface area contributed by atoms with Crippen LogP contribution in [-0.4, -0.2) is 5.78 Å². The number of Topliss-reactive ketones (excluding diaryl/α,β-unsaturated/α-hetero) is 1. The van der Waals surface area contributed by atoms with Gasteiger partial charge in [0.05, 0.1) is 0 Å². The summed E-state index contributed by atoms with van der Waals surface area (Å²) in [4.78, 5) is 13.4. The second-order valence-electron chi connectivity index (χ2n) is 6.19. The summed E-state index contributed by atoms with van der Waals surface area (Å²) in [6.45, 7) is 1.96. The molecule has 118 valence electrons. The van der Waals surface area contributed by atoms with Crippen molar-refractivity contribution >= 4 is 17.2 Å². The van der Waals surface area contributed by atoms with E-state index in [1.54, 1.807) is 0 Å². The summed E-state index contributed by atoms with van der Waals surface area (Å²) in [6, 6.07) is 23.3. The lowest BCUT2D eigenvalue weighted by atomic mass is 9.79. The number of nitrogen functional groups attached to an aromatic ring is 1. The molecule has 0 spiro atoms. The third kappa shape index (κ3) is 1.95. The fourth-order valence-electron chi connectivity index (χ4n) is 3.42. The van der Waals surface area contributed by atoms with Gasteiger partial charge in [0.25, 0.3) is 0 Å². The number of hydrogen-bond donors (Lipinski definition) is 2. The maximum atomic E-state index is 13.4. The third-order valence-corrected chi connectivity index (χ3v) is 4.74. The molecule has 0 saturated heterocycles. The van der Waals surface area contributed by atoms with Gasteiger partial charge < -0.3 is 11.1 Å². The van der Waals surface area contributed by atoms with Crippen LogP contribution in [0.2, 0.25) is 0 Å². The molecular weight excluding hydrogens is 296 g/mol. The lowest BCUT2D eigenvalue weighted by Gasteiger charge is -2.30. The molecule has 0 aliphatic carbocycles. The second kappa shape index (κ2) is 5.24. The van der Waals surface area contributed by atoms with Crippen molar-refractivity contribution in [2.75, 3.05) is 11.1 Å². The van der Waals surface area contributed by atoms with E-state index in [-0.39, 0.29) is 5.78 Å². The number of fused-ring (bicyclic) bond motifs is 1. The van der Waals surface area contributed by atoms with Gasteiger partial charge in [0.15, 0.2) is 11.3 Å². The normalized spacial score (nSPS) is 19.0. The summed E-state index contributed by atoms with van der Waals surface area (Å²) >= 11 is 0. The Balaban J connectivity index is 1.99. The Kier molecular flexibility index (Phi) is 3.17. The van der Waals surface area contributed by atoms with Gasteiger partial charge in [-0.3, -0.25) is 4.79 Å². The molecule has 4 rings (SSSR count). The van der Waals surface area contributed by atoms with E-state index < -0.39 is 5.54 Å². The highest BCUT2D eigenvalue weighted by atomic mass is 16.1. The van der Waals surface area contributed by atoms with E-state index in [2.05, 4.69) is 5.32 Å². The number of ketones is 1. The molecule has 3 nitrogen and oxygen atoms in total. The van der Waals surface area contributed by atoms with Crippen molar-refractivity contribution < 1.29 is 4.79 Å². The van der Waals surface area contributed by atoms with Crippen LogP contribution in [-0.2, 0) is 5.54 Å². The molecule has 0 aromatic heterocycles. The van der Waals surface area contributed by atoms with Gasteiger partial charge in [-0.25, -0.2) is 0 Å². The number of carbonyl (C=O) groups excluding carboxylic acids is 1. The van der Waals surface area contributed by atoms with E-state index in [0.717, 1.165) is 33.6 Å². The SMILES string of the molecule is Cc1cc(C2(c3ccccc3)Nc3ccccc3C2=O)ccc1N. The highest BCUT2D eigenvalue weighted by Crippen LogP contribution is 2.44. The molecule has 1 atom stereocenters. The van der Waals surface area contributed by atoms with E-state index in [1.165, 1.54) is 0 Å². The number of aryl methyl sites for hydroxylation is 1. The van der Waals surface area contributed by atoms with Crippen LogP contribution in [0.15, 0.2) is 72.8 Å². The zero-order valence-electron chi connectivity index (χ0n) is 13.4. The molecule has 1 heterocycles. The Labute approximate surface area is 141 Å². The Morgan fingerprint density at radius 2 is 1.58 bits per heavy atom. The van der Waals surface area contributed by atoms with Crippen LogP contribution >= 0.6 is 0 Å². The predicted molar refractivity (Wildman–Crippen MR) is 97.2 cm³/mol. The monoisotopic (exact) mass is 314 g/mol. The molecule has 3 N–H and O–H groups in total. The average Bonchev–Trinajstić information content (AvgIpc) is 2.92. The summed E-state index contributed by atoms with van der Waals surface area (Å²) < 4.78 is 0. The molecule has 3 aromatic carbocycles. The van der Waals surface area contributed by atoms with Crippen molar-refractivity contribution in [2.45, 2.75) is 12.5 Å². The number of nitrogens with one attached hydrogen (secondary N) is 1. The van der Waals surface area contributed by atoms with Crippen LogP contribution < -0.4 is 11.1 Å². The number of carbonyl (C=O) groups is 1. The van der Waals surface area contributed by atoms with Crippen LogP contribution in [0.3, 0.4) is 0 Å². The molecule has 0 bridgehead atoms. The molecule has 1 unspecified atom stereocenters. The average molecular weight is 314 g/mol. The second-order valence-corrected chi connectivity index (χ2v) is 6.19. The Morgan fingerprint density at radius 1 is 0.875 bits per heavy atom. The molecule has 0 fully saturated rings. The molecule has 0 amide bonds. The van der Waals surface area contributed by atoms with Crippen molar-refractivity contribution in [3.8, 4) is 0 Å². The Hall–Kier alpha value is -3.07. The maximum Gasteiger partial charge on any atom is 0.199 e. The molecule has 0 radical (unpaired) electrons. The first-order valence-electron chi connectivity index (χ1n) is 7.97. The quantitative estimate of drug-likeness (QED) is 0.699. The topological polar surface area (TPSA) is 55.1 Å². The summed E-state index contributed by atoms with van der Waals surface area (Å²) in [5.74, 6) is 0.0634. The number of benzene rings is 3. The standard InChI is InChI=1S/C21H18N2O/c1-14-13-16(11-12-18(14)22)21(15-7-3-2-4-8-15)20(24)17-9-5-6-10-19(17)23-21/h2-13,23H,22H2,1H3. The zero-order valence-corrected chi connectivity index (χ0v) is 13.4.